The molecule has 0 aliphatic rings. The molecule has 0 radical (unpaired) electrons. The zero-order valence-corrected chi connectivity index (χ0v) is 20.1. The summed E-state index contributed by atoms with van der Waals surface area (Å²) in [6.07, 6.45) is 0. The van der Waals surface area contributed by atoms with Crippen LogP contribution in [-0.2, 0) is 14.8 Å². The first-order valence-electron chi connectivity index (χ1n) is 10.4. The van der Waals surface area contributed by atoms with Gasteiger partial charge in [0, 0.05) is 5.69 Å². The lowest BCUT2D eigenvalue weighted by Crippen LogP contribution is -2.38. The Balaban J connectivity index is 1.97. The molecule has 0 saturated heterocycles. The van der Waals surface area contributed by atoms with E-state index in [1.165, 1.54) is 0 Å². The van der Waals surface area contributed by atoms with Crippen LogP contribution in [0.5, 0.6) is 0 Å². The lowest BCUT2D eigenvalue weighted by atomic mass is 10.0. The number of hydrogen-bond donors (Lipinski definition) is 1. The first kappa shape index (κ1) is 23.5. The van der Waals surface area contributed by atoms with Crippen molar-refractivity contribution >= 4 is 27.3 Å². The molecule has 0 saturated carbocycles. The number of aryl methyl sites for hydroxylation is 4. The van der Waals surface area contributed by atoms with E-state index in [1.807, 2.05) is 44.2 Å². The summed E-state index contributed by atoms with van der Waals surface area (Å²) < 4.78 is 33.4. The molecule has 3 rings (SSSR count). The van der Waals surface area contributed by atoms with Gasteiger partial charge in [0.05, 0.1) is 5.69 Å². The molecule has 0 aliphatic carbocycles. The minimum absolute atomic E-state index is 0.0225. The standard InChI is InChI=1S/C24H29N3O4S/c1-15(2)20-7-9-21(10-8-20)25-23(28)14-27(22-12-16(3)11-17(4)13-22)32(29,30)24-18(5)26-31-19(24)6/h7-13,15H,14H2,1-6H3,(H,25,28). The van der Waals surface area contributed by atoms with Crippen LogP contribution in [0, 0.1) is 27.7 Å². The molecular formula is C24H29N3O4S. The van der Waals surface area contributed by atoms with Gasteiger partial charge in [-0.3, -0.25) is 9.10 Å². The fraction of sp³-hybridized carbons (Fsp3) is 0.333. The number of carbonyl (C=O) groups is 1. The van der Waals surface area contributed by atoms with Crippen LogP contribution in [0.4, 0.5) is 11.4 Å². The molecule has 1 amide bonds. The Kier molecular flexibility index (Phi) is 6.74. The Bertz CT molecular complexity index is 1190. The number of carbonyl (C=O) groups excluding carboxylic acids is 1. The molecule has 7 nitrogen and oxygen atoms in total. The highest BCUT2D eigenvalue weighted by Gasteiger charge is 2.33. The van der Waals surface area contributed by atoms with E-state index in [-0.39, 0.29) is 22.9 Å². The van der Waals surface area contributed by atoms with Crippen molar-refractivity contribution in [3.63, 3.8) is 0 Å². The van der Waals surface area contributed by atoms with Gasteiger partial charge in [-0.05, 0) is 74.6 Å². The summed E-state index contributed by atoms with van der Waals surface area (Å²) in [6, 6.07) is 13.0. The molecule has 1 heterocycles. The monoisotopic (exact) mass is 455 g/mol. The number of aromatic nitrogens is 1. The summed E-state index contributed by atoms with van der Waals surface area (Å²) in [4.78, 5) is 12.9. The van der Waals surface area contributed by atoms with Gasteiger partial charge in [-0.2, -0.15) is 0 Å². The molecule has 8 heteroatoms. The van der Waals surface area contributed by atoms with Gasteiger partial charge >= 0.3 is 0 Å². The van der Waals surface area contributed by atoms with Crippen molar-refractivity contribution in [3.8, 4) is 0 Å². The van der Waals surface area contributed by atoms with Crippen molar-refractivity contribution in [1.29, 1.82) is 0 Å². The zero-order chi connectivity index (χ0) is 23.6. The molecule has 1 aromatic heterocycles. The fourth-order valence-electron chi connectivity index (χ4n) is 3.65. The molecular weight excluding hydrogens is 426 g/mol. The second kappa shape index (κ2) is 9.16. The highest BCUT2D eigenvalue weighted by molar-refractivity contribution is 7.93. The van der Waals surface area contributed by atoms with E-state index in [4.69, 9.17) is 4.52 Å². The van der Waals surface area contributed by atoms with Gasteiger partial charge in [0.25, 0.3) is 10.0 Å². The van der Waals surface area contributed by atoms with Crippen LogP contribution in [0.25, 0.3) is 0 Å². The molecule has 0 spiro atoms. The Labute approximate surface area is 189 Å². The third kappa shape index (κ3) is 5.02. The first-order valence-corrected chi connectivity index (χ1v) is 11.9. The predicted molar refractivity (Wildman–Crippen MR) is 126 cm³/mol. The molecule has 2 aromatic carbocycles. The summed E-state index contributed by atoms with van der Waals surface area (Å²) >= 11 is 0. The maximum Gasteiger partial charge on any atom is 0.270 e. The van der Waals surface area contributed by atoms with Crippen molar-refractivity contribution in [2.45, 2.75) is 52.4 Å². The largest absolute Gasteiger partial charge is 0.360 e. The number of sulfonamides is 1. The molecule has 32 heavy (non-hydrogen) atoms. The van der Waals surface area contributed by atoms with Crippen LogP contribution in [0.15, 0.2) is 51.9 Å². The lowest BCUT2D eigenvalue weighted by molar-refractivity contribution is -0.114. The average molecular weight is 456 g/mol. The second-order valence-electron chi connectivity index (χ2n) is 8.34. The van der Waals surface area contributed by atoms with Crippen LogP contribution in [0.1, 0.15) is 47.9 Å². The van der Waals surface area contributed by atoms with E-state index in [0.717, 1.165) is 21.0 Å². The van der Waals surface area contributed by atoms with Crippen LogP contribution in [0.2, 0.25) is 0 Å². The minimum Gasteiger partial charge on any atom is -0.360 e. The highest BCUT2D eigenvalue weighted by Crippen LogP contribution is 2.29. The Hall–Kier alpha value is -3.13. The summed E-state index contributed by atoms with van der Waals surface area (Å²) in [7, 11) is -4.09. The van der Waals surface area contributed by atoms with Crippen molar-refractivity contribution in [1.82, 2.24) is 5.16 Å². The number of nitrogens with one attached hydrogen (secondary N) is 1. The minimum atomic E-state index is -4.09. The summed E-state index contributed by atoms with van der Waals surface area (Å²) in [5.74, 6) is 0.110. The van der Waals surface area contributed by atoms with Crippen LogP contribution in [-0.4, -0.2) is 26.0 Å². The third-order valence-electron chi connectivity index (χ3n) is 5.16. The average Bonchev–Trinajstić information content (AvgIpc) is 3.04. The van der Waals surface area contributed by atoms with E-state index < -0.39 is 15.9 Å². The SMILES string of the molecule is Cc1cc(C)cc(N(CC(=O)Nc2ccc(C(C)C)cc2)S(=O)(=O)c2c(C)noc2C)c1. The number of anilines is 2. The van der Waals surface area contributed by atoms with Gasteiger partial charge < -0.3 is 9.84 Å². The highest BCUT2D eigenvalue weighted by atomic mass is 32.2. The lowest BCUT2D eigenvalue weighted by Gasteiger charge is -2.24. The first-order chi connectivity index (χ1) is 15.0. The third-order valence-corrected chi connectivity index (χ3v) is 7.18. The molecule has 0 unspecified atom stereocenters. The Morgan fingerprint density at radius 2 is 1.62 bits per heavy atom. The summed E-state index contributed by atoms with van der Waals surface area (Å²) in [6.45, 7) is 10.7. The number of amides is 1. The number of hydrogen-bond acceptors (Lipinski definition) is 5. The van der Waals surface area contributed by atoms with Crippen LogP contribution < -0.4 is 9.62 Å². The van der Waals surface area contributed by atoms with Crippen LogP contribution in [0.3, 0.4) is 0 Å². The van der Waals surface area contributed by atoms with Gasteiger partial charge in [-0.15, -0.1) is 0 Å². The normalized spacial score (nSPS) is 11.6. The molecule has 0 atom stereocenters. The molecule has 0 fully saturated rings. The van der Waals surface area contributed by atoms with Crippen molar-refractivity contribution in [2.24, 2.45) is 0 Å². The summed E-state index contributed by atoms with van der Waals surface area (Å²) in [5.41, 5.74) is 4.21. The topological polar surface area (TPSA) is 92.5 Å². The van der Waals surface area contributed by atoms with E-state index >= 15 is 0 Å². The van der Waals surface area contributed by atoms with E-state index in [9.17, 15) is 13.2 Å². The van der Waals surface area contributed by atoms with Gasteiger partial charge in [-0.1, -0.05) is 37.2 Å². The van der Waals surface area contributed by atoms with Gasteiger partial charge in [0.15, 0.2) is 10.7 Å². The Morgan fingerprint density at radius 1 is 1.03 bits per heavy atom. The quantitative estimate of drug-likeness (QED) is 0.549. The molecule has 0 aliphatic heterocycles. The summed E-state index contributed by atoms with van der Waals surface area (Å²) in [5, 5.41) is 6.58. The van der Waals surface area contributed by atoms with E-state index in [0.29, 0.717) is 17.3 Å². The van der Waals surface area contributed by atoms with E-state index in [2.05, 4.69) is 24.3 Å². The maximum atomic E-state index is 13.6. The van der Waals surface area contributed by atoms with Gasteiger partial charge in [0.2, 0.25) is 5.91 Å². The Morgan fingerprint density at radius 3 is 2.12 bits per heavy atom. The van der Waals surface area contributed by atoms with Crippen molar-refractivity contribution < 1.29 is 17.7 Å². The smallest absolute Gasteiger partial charge is 0.270 e. The van der Waals surface area contributed by atoms with Crippen molar-refractivity contribution in [2.75, 3.05) is 16.2 Å². The number of nitrogens with zero attached hydrogens (tertiary/aromatic N) is 2. The van der Waals surface area contributed by atoms with Crippen LogP contribution >= 0.6 is 0 Å². The number of benzene rings is 2. The fourth-order valence-corrected chi connectivity index (χ4v) is 5.35. The van der Waals surface area contributed by atoms with Gasteiger partial charge in [0.1, 0.15) is 12.2 Å². The van der Waals surface area contributed by atoms with Gasteiger partial charge in [-0.25, -0.2) is 8.42 Å². The predicted octanol–water partition coefficient (Wildman–Crippen LogP) is 4.87. The maximum absolute atomic E-state index is 13.6. The molecule has 1 N–H and O–H groups in total. The molecule has 0 bridgehead atoms. The number of rotatable bonds is 7. The molecule has 170 valence electrons. The zero-order valence-electron chi connectivity index (χ0n) is 19.3. The van der Waals surface area contributed by atoms with Crippen molar-refractivity contribution in [3.05, 3.63) is 70.6 Å². The molecule has 3 aromatic rings. The second-order valence-corrected chi connectivity index (χ2v) is 10.1. The van der Waals surface area contributed by atoms with E-state index in [1.54, 1.807) is 26.0 Å².